The van der Waals surface area contributed by atoms with Crippen molar-refractivity contribution in [2.45, 2.75) is 18.4 Å². The number of ether oxygens (including phenoxy) is 1. The summed E-state index contributed by atoms with van der Waals surface area (Å²) in [6, 6.07) is 1.85. The van der Waals surface area contributed by atoms with Crippen LogP contribution in [-0.2, 0) is 0 Å². The summed E-state index contributed by atoms with van der Waals surface area (Å²) in [5.74, 6) is 0.754. The molecule has 0 atom stereocenters. The zero-order chi connectivity index (χ0) is 11.8. The van der Waals surface area contributed by atoms with Crippen molar-refractivity contribution < 1.29 is 4.74 Å². The zero-order valence-corrected chi connectivity index (χ0v) is 11.7. The molecule has 1 heterocycles. The minimum Gasteiger partial charge on any atom is -0.490 e. The first kappa shape index (κ1) is 12.1. The highest BCUT2D eigenvalue weighted by atomic mass is 79.9. The lowest BCUT2D eigenvalue weighted by atomic mass is 10.3. The van der Waals surface area contributed by atoms with E-state index in [1.54, 1.807) is 6.20 Å². The third-order valence-corrected chi connectivity index (χ3v) is 4.19. The molecule has 0 amide bonds. The number of rotatable bonds is 4. The molecule has 1 fully saturated rings. The molecule has 1 aliphatic rings. The van der Waals surface area contributed by atoms with Crippen molar-refractivity contribution in [2.75, 3.05) is 20.7 Å². The highest BCUT2D eigenvalue weighted by Crippen LogP contribution is 2.40. The van der Waals surface area contributed by atoms with E-state index in [0.717, 1.165) is 10.2 Å². The zero-order valence-electron chi connectivity index (χ0n) is 9.33. The smallest absolute Gasteiger partial charge is 0.143 e. The molecule has 5 heteroatoms. The first-order valence-electron chi connectivity index (χ1n) is 5.15. The van der Waals surface area contributed by atoms with Crippen LogP contribution in [0.1, 0.15) is 12.8 Å². The van der Waals surface area contributed by atoms with Crippen LogP contribution in [0.3, 0.4) is 0 Å². The molecule has 0 aliphatic heterocycles. The predicted octanol–water partition coefficient (Wildman–Crippen LogP) is 2.97. The van der Waals surface area contributed by atoms with Crippen molar-refractivity contribution in [2.24, 2.45) is 0 Å². The molecule has 0 bridgehead atoms. The predicted molar refractivity (Wildman–Crippen MR) is 68.1 cm³/mol. The SMILES string of the molecule is CN(C)C1(COc2cnc(Cl)c(Br)c2)CC1. The third kappa shape index (κ3) is 2.50. The molecule has 88 valence electrons. The second-order valence-corrected chi connectivity index (χ2v) is 5.56. The summed E-state index contributed by atoms with van der Waals surface area (Å²) in [6.45, 7) is 0.704. The average molecular weight is 306 g/mol. The van der Waals surface area contributed by atoms with Gasteiger partial charge in [0.2, 0.25) is 0 Å². The normalized spacial score (nSPS) is 17.6. The molecule has 1 aromatic rings. The van der Waals surface area contributed by atoms with Crippen molar-refractivity contribution in [1.29, 1.82) is 0 Å². The molecule has 0 unspecified atom stereocenters. The van der Waals surface area contributed by atoms with Crippen molar-refractivity contribution in [3.63, 3.8) is 0 Å². The molecule has 0 radical (unpaired) electrons. The molecule has 1 saturated carbocycles. The summed E-state index contributed by atoms with van der Waals surface area (Å²) in [6.07, 6.45) is 4.04. The van der Waals surface area contributed by atoms with Gasteiger partial charge in [-0.3, -0.25) is 0 Å². The summed E-state index contributed by atoms with van der Waals surface area (Å²) in [7, 11) is 4.18. The molecule has 0 aromatic carbocycles. The average Bonchev–Trinajstić information content (AvgIpc) is 3.01. The summed E-state index contributed by atoms with van der Waals surface area (Å²) in [5.41, 5.74) is 0.228. The van der Waals surface area contributed by atoms with Gasteiger partial charge in [-0.25, -0.2) is 4.98 Å². The van der Waals surface area contributed by atoms with Gasteiger partial charge in [0, 0.05) is 0 Å². The summed E-state index contributed by atoms with van der Waals surface area (Å²) in [5, 5.41) is 0.459. The van der Waals surface area contributed by atoms with Crippen LogP contribution >= 0.6 is 27.5 Å². The lowest BCUT2D eigenvalue weighted by Crippen LogP contribution is -2.35. The maximum absolute atomic E-state index is 5.81. The molecule has 16 heavy (non-hydrogen) atoms. The Kier molecular flexibility index (Phi) is 3.42. The van der Waals surface area contributed by atoms with E-state index in [1.807, 2.05) is 6.07 Å². The number of aromatic nitrogens is 1. The first-order chi connectivity index (χ1) is 7.53. The van der Waals surface area contributed by atoms with E-state index in [9.17, 15) is 0 Å². The van der Waals surface area contributed by atoms with Gasteiger partial charge < -0.3 is 9.64 Å². The number of halogens is 2. The number of nitrogens with zero attached hydrogens (tertiary/aromatic N) is 2. The minimum atomic E-state index is 0.228. The van der Waals surface area contributed by atoms with Gasteiger partial charge in [0.05, 0.1) is 16.2 Å². The number of hydrogen-bond acceptors (Lipinski definition) is 3. The van der Waals surface area contributed by atoms with Crippen molar-refractivity contribution in [3.05, 3.63) is 21.9 Å². The highest BCUT2D eigenvalue weighted by Gasteiger charge is 2.45. The first-order valence-corrected chi connectivity index (χ1v) is 6.32. The second-order valence-electron chi connectivity index (χ2n) is 4.35. The van der Waals surface area contributed by atoms with Crippen LogP contribution in [0.5, 0.6) is 5.75 Å². The van der Waals surface area contributed by atoms with Crippen molar-refractivity contribution in [3.8, 4) is 5.75 Å². The second kappa shape index (κ2) is 4.51. The van der Waals surface area contributed by atoms with Crippen molar-refractivity contribution >= 4 is 27.5 Å². The maximum atomic E-state index is 5.81. The minimum absolute atomic E-state index is 0.228. The van der Waals surface area contributed by atoms with Gasteiger partial charge in [-0.15, -0.1) is 0 Å². The Morgan fingerprint density at radius 1 is 1.56 bits per heavy atom. The Bertz CT molecular complexity index is 394. The summed E-state index contributed by atoms with van der Waals surface area (Å²) < 4.78 is 6.50. The molecule has 2 rings (SSSR count). The fourth-order valence-corrected chi connectivity index (χ4v) is 2.00. The molecule has 0 spiro atoms. The van der Waals surface area contributed by atoms with Gasteiger partial charge in [-0.1, -0.05) is 11.6 Å². The Morgan fingerprint density at radius 3 is 2.75 bits per heavy atom. The number of hydrogen-bond donors (Lipinski definition) is 0. The quantitative estimate of drug-likeness (QED) is 0.800. The van der Waals surface area contributed by atoms with Crippen LogP contribution in [0.15, 0.2) is 16.7 Å². The topological polar surface area (TPSA) is 25.4 Å². The Balaban J connectivity index is 1.97. The van der Waals surface area contributed by atoms with Gasteiger partial charge in [-0.2, -0.15) is 0 Å². The van der Waals surface area contributed by atoms with Gasteiger partial charge >= 0.3 is 0 Å². The Hall–Kier alpha value is -0.320. The summed E-state index contributed by atoms with van der Waals surface area (Å²) in [4.78, 5) is 6.25. The standard InChI is InChI=1S/C11H14BrClN2O/c1-15(2)11(3-4-11)7-16-8-5-9(12)10(13)14-6-8/h5-6H,3-4,7H2,1-2H3. The van der Waals surface area contributed by atoms with Crippen LogP contribution < -0.4 is 4.74 Å². The fraction of sp³-hybridized carbons (Fsp3) is 0.545. The van der Waals surface area contributed by atoms with Crippen LogP contribution in [-0.4, -0.2) is 36.1 Å². The lowest BCUT2D eigenvalue weighted by Gasteiger charge is -2.23. The molecule has 0 saturated heterocycles. The molecular formula is C11H14BrClN2O. The van der Waals surface area contributed by atoms with Crippen molar-refractivity contribution in [1.82, 2.24) is 9.88 Å². The van der Waals surface area contributed by atoms with Crippen LogP contribution in [0, 0.1) is 0 Å². The van der Waals surface area contributed by atoms with E-state index in [4.69, 9.17) is 16.3 Å². The lowest BCUT2D eigenvalue weighted by molar-refractivity contribution is 0.167. The van der Waals surface area contributed by atoms with E-state index in [1.165, 1.54) is 12.8 Å². The maximum Gasteiger partial charge on any atom is 0.143 e. The Morgan fingerprint density at radius 2 is 2.25 bits per heavy atom. The van der Waals surface area contributed by atoms with E-state index >= 15 is 0 Å². The largest absolute Gasteiger partial charge is 0.490 e. The molecule has 0 N–H and O–H groups in total. The van der Waals surface area contributed by atoms with Gasteiger partial charge in [0.15, 0.2) is 0 Å². The molecule has 3 nitrogen and oxygen atoms in total. The van der Waals surface area contributed by atoms with E-state index in [-0.39, 0.29) is 5.54 Å². The number of pyridine rings is 1. The van der Waals surface area contributed by atoms with E-state index in [0.29, 0.717) is 11.8 Å². The fourth-order valence-electron chi connectivity index (χ4n) is 1.57. The third-order valence-electron chi connectivity index (χ3n) is 3.05. The Labute approximate surface area is 109 Å². The van der Waals surface area contributed by atoms with Gasteiger partial charge in [-0.05, 0) is 48.9 Å². The van der Waals surface area contributed by atoms with Gasteiger partial charge in [0.1, 0.15) is 17.5 Å². The monoisotopic (exact) mass is 304 g/mol. The summed E-state index contributed by atoms with van der Waals surface area (Å²) >= 11 is 9.14. The molecular weight excluding hydrogens is 291 g/mol. The van der Waals surface area contributed by atoms with Crippen LogP contribution in [0.4, 0.5) is 0 Å². The number of likely N-dealkylation sites (N-methyl/N-ethyl adjacent to an activating group) is 1. The van der Waals surface area contributed by atoms with Crippen LogP contribution in [0.25, 0.3) is 0 Å². The highest BCUT2D eigenvalue weighted by molar-refractivity contribution is 9.10. The molecule has 1 aromatic heterocycles. The molecule has 1 aliphatic carbocycles. The van der Waals surface area contributed by atoms with E-state index < -0.39 is 0 Å². The van der Waals surface area contributed by atoms with E-state index in [2.05, 4.69) is 39.9 Å². The van der Waals surface area contributed by atoms with Gasteiger partial charge in [0.25, 0.3) is 0 Å². The van der Waals surface area contributed by atoms with Crippen LogP contribution in [0.2, 0.25) is 5.15 Å².